The highest BCUT2D eigenvalue weighted by atomic mass is 15.2. The van der Waals surface area contributed by atoms with Gasteiger partial charge in [-0.3, -0.25) is 4.90 Å². The van der Waals surface area contributed by atoms with Crippen LogP contribution in [0.3, 0.4) is 0 Å². The van der Waals surface area contributed by atoms with Crippen LogP contribution < -0.4 is 5.73 Å². The van der Waals surface area contributed by atoms with E-state index in [0.717, 1.165) is 6.54 Å². The summed E-state index contributed by atoms with van der Waals surface area (Å²) in [4.78, 5) is 5.30. The van der Waals surface area contributed by atoms with Gasteiger partial charge < -0.3 is 10.6 Å². The van der Waals surface area contributed by atoms with Crippen molar-refractivity contribution in [2.45, 2.75) is 51.0 Å². The van der Waals surface area contributed by atoms with E-state index in [1.54, 1.807) is 0 Å². The summed E-state index contributed by atoms with van der Waals surface area (Å²) in [7, 11) is 0. The Balaban J connectivity index is 2.01. The minimum atomic E-state index is 0.324. The molecule has 2 N–H and O–H groups in total. The highest BCUT2D eigenvalue weighted by molar-refractivity contribution is 4.95. The molecule has 0 aromatic carbocycles. The van der Waals surface area contributed by atoms with Gasteiger partial charge in [0.1, 0.15) is 0 Å². The van der Waals surface area contributed by atoms with Crippen LogP contribution >= 0.6 is 0 Å². The third kappa shape index (κ3) is 3.01. The predicted octanol–water partition coefficient (Wildman–Crippen LogP) is 1.68. The molecule has 0 saturated carbocycles. The molecule has 1 atom stereocenters. The molecule has 3 nitrogen and oxygen atoms in total. The number of rotatable bonds is 3. The van der Waals surface area contributed by atoms with Crippen molar-refractivity contribution in [3.8, 4) is 0 Å². The van der Waals surface area contributed by atoms with Gasteiger partial charge in [-0.2, -0.15) is 0 Å². The zero-order chi connectivity index (χ0) is 12.1. The highest BCUT2D eigenvalue weighted by Gasteiger charge is 2.37. The first-order valence-corrected chi connectivity index (χ1v) is 7.48. The van der Waals surface area contributed by atoms with Crippen LogP contribution in [0.5, 0.6) is 0 Å². The second-order valence-electron chi connectivity index (χ2n) is 5.76. The molecule has 0 bridgehead atoms. The maximum atomic E-state index is 6.17. The number of piperidine rings is 1. The minimum Gasteiger partial charge on any atom is -0.329 e. The van der Waals surface area contributed by atoms with Gasteiger partial charge in [-0.1, -0.05) is 13.3 Å². The first-order valence-electron chi connectivity index (χ1n) is 7.48. The lowest BCUT2D eigenvalue weighted by Crippen LogP contribution is -2.56. The molecule has 0 aliphatic carbocycles. The summed E-state index contributed by atoms with van der Waals surface area (Å²) in [5.41, 5.74) is 6.49. The van der Waals surface area contributed by atoms with E-state index in [-0.39, 0.29) is 0 Å². The van der Waals surface area contributed by atoms with E-state index in [0.29, 0.717) is 5.54 Å². The van der Waals surface area contributed by atoms with Crippen LogP contribution in [0, 0.1) is 0 Å². The molecule has 0 aromatic rings. The molecule has 0 radical (unpaired) electrons. The molecule has 0 spiro atoms. The lowest BCUT2D eigenvalue weighted by atomic mass is 9.86. The van der Waals surface area contributed by atoms with Gasteiger partial charge in [0.25, 0.3) is 0 Å². The van der Waals surface area contributed by atoms with Crippen molar-refractivity contribution in [1.29, 1.82) is 0 Å². The van der Waals surface area contributed by atoms with Gasteiger partial charge in [-0.05, 0) is 64.8 Å². The summed E-state index contributed by atoms with van der Waals surface area (Å²) in [6, 6.07) is 0. The topological polar surface area (TPSA) is 32.5 Å². The molecule has 2 fully saturated rings. The molecule has 2 saturated heterocycles. The number of hydrogen-bond donors (Lipinski definition) is 1. The second kappa shape index (κ2) is 6.17. The number of nitrogens with zero attached hydrogens (tertiary/aromatic N) is 2. The Hall–Kier alpha value is -0.120. The Morgan fingerprint density at radius 1 is 0.941 bits per heavy atom. The van der Waals surface area contributed by atoms with Crippen LogP contribution in [-0.4, -0.2) is 54.6 Å². The number of nitrogens with two attached hydrogens (primary N) is 1. The molecule has 100 valence electrons. The highest BCUT2D eigenvalue weighted by Crippen LogP contribution is 2.30. The Labute approximate surface area is 106 Å². The van der Waals surface area contributed by atoms with Crippen LogP contribution in [-0.2, 0) is 0 Å². The SMILES string of the molecule is CCN1CCCC(CN)(N2CCCCC2)CC1. The standard InChI is InChI=1S/C14H29N3/c1-2-16-9-6-7-14(13-15,8-12-16)17-10-4-3-5-11-17/h2-13,15H2,1H3. The maximum absolute atomic E-state index is 6.17. The summed E-state index contributed by atoms with van der Waals surface area (Å²) in [6.07, 6.45) is 8.07. The van der Waals surface area contributed by atoms with Crippen molar-refractivity contribution >= 4 is 0 Å². The van der Waals surface area contributed by atoms with Crippen LogP contribution in [0.1, 0.15) is 45.4 Å². The largest absolute Gasteiger partial charge is 0.329 e. The van der Waals surface area contributed by atoms with E-state index in [2.05, 4.69) is 16.7 Å². The van der Waals surface area contributed by atoms with Crippen molar-refractivity contribution < 1.29 is 0 Å². The van der Waals surface area contributed by atoms with Gasteiger partial charge in [0, 0.05) is 12.1 Å². The average molecular weight is 239 g/mol. The normalized spacial score (nSPS) is 33.5. The molecule has 0 amide bonds. The van der Waals surface area contributed by atoms with Gasteiger partial charge in [0.15, 0.2) is 0 Å². The van der Waals surface area contributed by atoms with E-state index in [1.165, 1.54) is 71.2 Å². The van der Waals surface area contributed by atoms with E-state index in [1.807, 2.05) is 0 Å². The van der Waals surface area contributed by atoms with E-state index in [4.69, 9.17) is 5.73 Å². The van der Waals surface area contributed by atoms with Crippen molar-refractivity contribution in [3.05, 3.63) is 0 Å². The molecule has 0 aromatic heterocycles. The average Bonchev–Trinajstić information content (AvgIpc) is 2.62. The Morgan fingerprint density at radius 3 is 2.35 bits per heavy atom. The fourth-order valence-corrected chi connectivity index (χ4v) is 3.57. The first-order chi connectivity index (χ1) is 8.30. The van der Waals surface area contributed by atoms with Crippen molar-refractivity contribution in [1.82, 2.24) is 9.80 Å². The van der Waals surface area contributed by atoms with Gasteiger partial charge in [-0.25, -0.2) is 0 Å². The van der Waals surface area contributed by atoms with E-state index < -0.39 is 0 Å². The Morgan fingerprint density at radius 2 is 1.71 bits per heavy atom. The first kappa shape index (κ1) is 13.3. The summed E-state index contributed by atoms with van der Waals surface area (Å²) < 4.78 is 0. The Kier molecular flexibility index (Phi) is 4.83. The second-order valence-corrected chi connectivity index (χ2v) is 5.76. The van der Waals surface area contributed by atoms with Crippen LogP contribution in [0.15, 0.2) is 0 Å². The molecule has 2 rings (SSSR count). The molecule has 1 unspecified atom stereocenters. The lowest BCUT2D eigenvalue weighted by Gasteiger charge is -2.45. The molecular formula is C14H29N3. The number of hydrogen-bond acceptors (Lipinski definition) is 3. The summed E-state index contributed by atoms with van der Waals surface area (Å²) in [5, 5.41) is 0. The Bertz CT molecular complexity index is 226. The fourth-order valence-electron chi connectivity index (χ4n) is 3.57. The monoisotopic (exact) mass is 239 g/mol. The predicted molar refractivity (Wildman–Crippen MR) is 73.2 cm³/mol. The number of likely N-dealkylation sites (tertiary alicyclic amines) is 2. The molecule has 3 heteroatoms. The molecule has 2 aliphatic rings. The smallest absolute Gasteiger partial charge is 0.0344 e. The molecule has 2 aliphatic heterocycles. The molecular weight excluding hydrogens is 210 g/mol. The maximum Gasteiger partial charge on any atom is 0.0344 e. The van der Waals surface area contributed by atoms with Gasteiger partial charge >= 0.3 is 0 Å². The van der Waals surface area contributed by atoms with Crippen molar-refractivity contribution in [3.63, 3.8) is 0 Å². The van der Waals surface area contributed by atoms with Crippen molar-refractivity contribution in [2.75, 3.05) is 39.3 Å². The summed E-state index contributed by atoms with van der Waals surface area (Å²) >= 11 is 0. The van der Waals surface area contributed by atoms with Crippen LogP contribution in [0.2, 0.25) is 0 Å². The third-order valence-electron chi connectivity index (χ3n) is 4.86. The molecule has 2 heterocycles. The van der Waals surface area contributed by atoms with Gasteiger partial charge in [0.05, 0.1) is 0 Å². The zero-order valence-corrected chi connectivity index (χ0v) is 11.5. The quantitative estimate of drug-likeness (QED) is 0.813. The minimum absolute atomic E-state index is 0.324. The van der Waals surface area contributed by atoms with E-state index >= 15 is 0 Å². The van der Waals surface area contributed by atoms with Crippen LogP contribution in [0.25, 0.3) is 0 Å². The van der Waals surface area contributed by atoms with Crippen LogP contribution in [0.4, 0.5) is 0 Å². The fraction of sp³-hybridized carbons (Fsp3) is 1.00. The van der Waals surface area contributed by atoms with Crippen molar-refractivity contribution in [2.24, 2.45) is 5.73 Å². The third-order valence-corrected chi connectivity index (χ3v) is 4.86. The van der Waals surface area contributed by atoms with Gasteiger partial charge in [-0.15, -0.1) is 0 Å². The summed E-state index contributed by atoms with van der Waals surface area (Å²) in [6.45, 7) is 9.39. The zero-order valence-electron chi connectivity index (χ0n) is 11.5. The van der Waals surface area contributed by atoms with E-state index in [9.17, 15) is 0 Å². The lowest BCUT2D eigenvalue weighted by molar-refractivity contribution is 0.0589. The molecule has 17 heavy (non-hydrogen) atoms. The van der Waals surface area contributed by atoms with Gasteiger partial charge in [0.2, 0.25) is 0 Å². The summed E-state index contributed by atoms with van der Waals surface area (Å²) in [5.74, 6) is 0.